The Morgan fingerprint density at radius 3 is 2.88 bits per heavy atom. The summed E-state index contributed by atoms with van der Waals surface area (Å²) >= 11 is 5.24. The van der Waals surface area contributed by atoms with Crippen molar-refractivity contribution < 1.29 is 14.3 Å². The van der Waals surface area contributed by atoms with Gasteiger partial charge in [-0.25, -0.2) is 0 Å². The third-order valence-electron chi connectivity index (χ3n) is 3.72. The minimum atomic E-state index is -0.195. The first-order valence-corrected chi connectivity index (χ1v) is 8.61. The quantitative estimate of drug-likeness (QED) is 0.523. The number of aromatic amines is 1. The summed E-state index contributed by atoms with van der Waals surface area (Å²) in [6.07, 6.45) is 0.750. The number of rotatable bonds is 9. The average molecular weight is 365 g/mol. The number of fused-ring (bicyclic) bond motifs is 1. The Morgan fingerprint density at radius 1 is 1.36 bits per heavy atom. The zero-order chi connectivity index (χ0) is 18.2. The van der Waals surface area contributed by atoms with E-state index in [-0.39, 0.29) is 11.5 Å². The van der Waals surface area contributed by atoms with Gasteiger partial charge >= 0.3 is 0 Å². The van der Waals surface area contributed by atoms with Crippen LogP contribution in [0.2, 0.25) is 0 Å². The molecule has 7 nitrogen and oxygen atoms in total. The number of methoxy groups -OCH3 is 1. The number of aromatic nitrogens is 2. The lowest BCUT2D eigenvalue weighted by molar-refractivity contribution is 0.0944. The van der Waals surface area contributed by atoms with E-state index in [1.807, 2.05) is 6.92 Å². The number of H-pyrrole nitrogens is 1. The van der Waals surface area contributed by atoms with Crippen LogP contribution in [0.4, 0.5) is 0 Å². The summed E-state index contributed by atoms with van der Waals surface area (Å²) in [7, 11) is 1.57. The van der Waals surface area contributed by atoms with Crippen molar-refractivity contribution in [2.24, 2.45) is 0 Å². The van der Waals surface area contributed by atoms with Crippen molar-refractivity contribution in [1.82, 2.24) is 14.9 Å². The fourth-order valence-corrected chi connectivity index (χ4v) is 2.69. The second-order valence-electron chi connectivity index (χ2n) is 5.45. The predicted octanol–water partition coefficient (Wildman–Crippen LogP) is 1.86. The third-order valence-corrected chi connectivity index (χ3v) is 4.04. The second kappa shape index (κ2) is 9.45. The van der Waals surface area contributed by atoms with Gasteiger partial charge in [-0.05, 0) is 43.8 Å². The predicted molar refractivity (Wildman–Crippen MR) is 98.7 cm³/mol. The van der Waals surface area contributed by atoms with E-state index in [9.17, 15) is 9.59 Å². The van der Waals surface area contributed by atoms with E-state index in [4.69, 9.17) is 21.7 Å². The number of nitrogens with one attached hydrogen (secondary N) is 2. The van der Waals surface area contributed by atoms with Crippen LogP contribution in [0.1, 0.15) is 23.7 Å². The number of nitrogens with zero attached hydrogens (tertiary/aromatic N) is 1. The fourth-order valence-electron chi connectivity index (χ4n) is 2.40. The Kier molecular flexibility index (Phi) is 7.30. The van der Waals surface area contributed by atoms with E-state index in [1.165, 1.54) is 4.57 Å². The van der Waals surface area contributed by atoms with Crippen molar-refractivity contribution in [2.75, 3.05) is 33.5 Å². The van der Waals surface area contributed by atoms with Gasteiger partial charge in [0.1, 0.15) is 0 Å². The molecular formula is C17H23N3O4S. The number of amides is 1. The highest BCUT2D eigenvalue weighted by atomic mass is 32.1. The summed E-state index contributed by atoms with van der Waals surface area (Å²) in [6.45, 7) is 4.52. The van der Waals surface area contributed by atoms with Crippen molar-refractivity contribution in [2.45, 2.75) is 19.9 Å². The minimum Gasteiger partial charge on any atom is -0.383 e. The summed E-state index contributed by atoms with van der Waals surface area (Å²) in [5.41, 5.74) is 0.828. The van der Waals surface area contributed by atoms with Gasteiger partial charge in [0.2, 0.25) is 0 Å². The van der Waals surface area contributed by atoms with Gasteiger partial charge in [-0.1, -0.05) is 0 Å². The molecule has 136 valence electrons. The van der Waals surface area contributed by atoms with Gasteiger partial charge in [0.15, 0.2) is 4.77 Å². The van der Waals surface area contributed by atoms with Gasteiger partial charge in [-0.3, -0.25) is 14.2 Å². The molecule has 0 unspecified atom stereocenters. The average Bonchev–Trinajstić information content (AvgIpc) is 2.60. The molecule has 0 saturated carbocycles. The van der Waals surface area contributed by atoms with Crippen LogP contribution in [-0.4, -0.2) is 48.9 Å². The van der Waals surface area contributed by atoms with Crippen LogP contribution in [0.25, 0.3) is 10.9 Å². The normalized spacial score (nSPS) is 11.0. The third kappa shape index (κ3) is 4.97. The zero-order valence-corrected chi connectivity index (χ0v) is 15.3. The molecule has 2 rings (SSSR count). The molecule has 0 aliphatic rings. The van der Waals surface area contributed by atoms with Crippen LogP contribution in [0, 0.1) is 4.77 Å². The molecule has 0 fully saturated rings. The monoisotopic (exact) mass is 365 g/mol. The summed E-state index contributed by atoms with van der Waals surface area (Å²) in [4.78, 5) is 27.7. The molecule has 0 saturated heterocycles. The van der Waals surface area contributed by atoms with Crippen molar-refractivity contribution in [1.29, 1.82) is 0 Å². The van der Waals surface area contributed by atoms with Gasteiger partial charge in [0, 0.05) is 32.4 Å². The number of hydrogen-bond acceptors (Lipinski definition) is 5. The lowest BCUT2D eigenvalue weighted by atomic mass is 10.1. The minimum absolute atomic E-state index is 0.193. The first-order valence-electron chi connectivity index (χ1n) is 8.20. The molecule has 0 spiro atoms. The van der Waals surface area contributed by atoms with E-state index >= 15 is 0 Å². The van der Waals surface area contributed by atoms with Gasteiger partial charge in [0.05, 0.1) is 24.1 Å². The highest BCUT2D eigenvalue weighted by molar-refractivity contribution is 7.71. The molecule has 0 aliphatic carbocycles. The van der Waals surface area contributed by atoms with E-state index in [2.05, 4.69) is 10.3 Å². The number of hydrogen-bond donors (Lipinski definition) is 2. The maximum Gasteiger partial charge on any atom is 0.262 e. The smallest absolute Gasteiger partial charge is 0.262 e. The standard InChI is InChI=1S/C17H23N3O4S/c1-3-24-9-4-7-18-15(21)12-5-6-13-14(11-12)19-17(25)20(16(13)22)8-10-23-2/h5-6,11H,3-4,7-10H2,1-2H3,(H,18,21)(H,19,25). The second-order valence-corrected chi connectivity index (χ2v) is 5.83. The Hall–Kier alpha value is -2.03. The van der Waals surface area contributed by atoms with Crippen LogP contribution in [0.5, 0.6) is 0 Å². The zero-order valence-electron chi connectivity index (χ0n) is 14.5. The molecule has 0 bridgehead atoms. The first-order chi connectivity index (χ1) is 12.1. The summed E-state index contributed by atoms with van der Waals surface area (Å²) in [5.74, 6) is -0.193. The molecule has 1 heterocycles. The van der Waals surface area contributed by atoms with Gasteiger partial charge in [0.25, 0.3) is 11.5 Å². The topological polar surface area (TPSA) is 85.3 Å². The Morgan fingerprint density at radius 2 is 2.16 bits per heavy atom. The Balaban J connectivity index is 2.18. The highest BCUT2D eigenvalue weighted by Gasteiger charge is 2.10. The van der Waals surface area contributed by atoms with Crippen molar-refractivity contribution in [3.63, 3.8) is 0 Å². The Bertz CT molecular complexity index is 844. The molecule has 1 aromatic carbocycles. The van der Waals surface area contributed by atoms with Gasteiger partial charge in [-0.15, -0.1) is 0 Å². The lowest BCUT2D eigenvalue weighted by Gasteiger charge is -2.09. The molecule has 0 aliphatic heterocycles. The Labute approximate surface area is 151 Å². The van der Waals surface area contributed by atoms with Crippen LogP contribution < -0.4 is 10.9 Å². The maximum atomic E-state index is 12.5. The molecule has 8 heteroatoms. The van der Waals surface area contributed by atoms with Crippen LogP contribution in [0.3, 0.4) is 0 Å². The van der Waals surface area contributed by atoms with E-state index in [1.54, 1.807) is 25.3 Å². The lowest BCUT2D eigenvalue weighted by Crippen LogP contribution is -2.26. The summed E-state index contributed by atoms with van der Waals surface area (Å²) < 4.78 is 12.0. The largest absolute Gasteiger partial charge is 0.383 e. The molecule has 25 heavy (non-hydrogen) atoms. The van der Waals surface area contributed by atoms with Crippen LogP contribution in [0.15, 0.2) is 23.0 Å². The first kappa shape index (κ1) is 19.3. The number of carbonyl (C=O) groups excluding carboxylic acids is 1. The van der Waals surface area contributed by atoms with E-state index in [0.29, 0.717) is 54.1 Å². The fraction of sp³-hybridized carbons (Fsp3) is 0.471. The van der Waals surface area contributed by atoms with Crippen molar-refractivity contribution in [3.05, 3.63) is 38.9 Å². The van der Waals surface area contributed by atoms with Gasteiger partial charge in [-0.2, -0.15) is 0 Å². The maximum absolute atomic E-state index is 12.5. The number of benzene rings is 1. The summed E-state index contributed by atoms with van der Waals surface area (Å²) in [5, 5.41) is 3.32. The molecular weight excluding hydrogens is 342 g/mol. The molecule has 1 aromatic heterocycles. The van der Waals surface area contributed by atoms with Crippen LogP contribution in [-0.2, 0) is 16.0 Å². The molecule has 1 amide bonds. The van der Waals surface area contributed by atoms with Crippen molar-refractivity contribution in [3.8, 4) is 0 Å². The van der Waals surface area contributed by atoms with Crippen molar-refractivity contribution >= 4 is 29.0 Å². The molecule has 2 aromatic rings. The molecule has 0 radical (unpaired) electrons. The van der Waals surface area contributed by atoms with Gasteiger partial charge < -0.3 is 19.8 Å². The van der Waals surface area contributed by atoms with E-state index < -0.39 is 0 Å². The van der Waals surface area contributed by atoms with Crippen LogP contribution >= 0.6 is 12.2 Å². The highest BCUT2D eigenvalue weighted by Crippen LogP contribution is 2.11. The van der Waals surface area contributed by atoms with E-state index in [0.717, 1.165) is 6.42 Å². The summed E-state index contributed by atoms with van der Waals surface area (Å²) in [6, 6.07) is 4.92. The molecule has 0 atom stereocenters. The molecule has 2 N–H and O–H groups in total. The SMILES string of the molecule is CCOCCCNC(=O)c1ccc2c(=O)n(CCOC)c(=S)[nH]c2c1. The number of ether oxygens (including phenoxy) is 2. The number of carbonyl (C=O) groups is 1.